The molecule has 0 saturated heterocycles. The lowest BCUT2D eigenvalue weighted by molar-refractivity contribution is -0.122. The van der Waals surface area contributed by atoms with Gasteiger partial charge in [-0.3, -0.25) is 14.4 Å². The van der Waals surface area contributed by atoms with Crippen molar-refractivity contribution < 1.29 is 19.2 Å². The molecule has 1 amide bonds. The average molecular weight is 402 g/mol. The number of likely N-dealkylation sites (N-methyl/N-ethyl adjacent to an activating group) is 1. The van der Waals surface area contributed by atoms with Crippen molar-refractivity contribution >= 4 is 23.8 Å². The van der Waals surface area contributed by atoms with Crippen LogP contribution in [0.4, 0.5) is 0 Å². The normalized spacial score (nSPS) is 10.7. The molecule has 0 rings (SSSR count). The molecule has 0 fully saturated rings. The maximum absolute atomic E-state index is 11.5. The van der Waals surface area contributed by atoms with Crippen molar-refractivity contribution in [1.29, 1.82) is 0 Å². The van der Waals surface area contributed by atoms with Crippen molar-refractivity contribution in [3.05, 3.63) is 0 Å². The van der Waals surface area contributed by atoms with E-state index >= 15 is 0 Å². The summed E-state index contributed by atoms with van der Waals surface area (Å²) in [5.74, 6) is 0.315. The maximum atomic E-state index is 11.5. The molecular formula is C21H43N3O4. The quantitative estimate of drug-likeness (QED) is 0.305. The van der Waals surface area contributed by atoms with Crippen molar-refractivity contribution in [2.24, 2.45) is 0 Å². The summed E-state index contributed by atoms with van der Waals surface area (Å²) in [6.07, 6.45) is 4.18. The Balaban J connectivity index is -0.000000479. The van der Waals surface area contributed by atoms with E-state index in [1.165, 1.54) is 6.92 Å². The molecule has 166 valence electrons. The van der Waals surface area contributed by atoms with Gasteiger partial charge in [-0.2, -0.15) is 0 Å². The monoisotopic (exact) mass is 401 g/mol. The van der Waals surface area contributed by atoms with E-state index in [0.717, 1.165) is 19.3 Å². The number of unbranched alkanes of at least 4 members (excludes halogenated alkanes) is 1. The number of carbonyl (C=O) groups is 4. The SMILES string of the molecule is CC.CCC(=O)CCCC=O.CNC(CCC(=O)NCCNC(C)C)C(C)=O. The molecule has 28 heavy (non-hydrogen) atoms. The molecule has 0 aromatic heterocycles. The van der Waals surface area contributed by atoms with Crippen LogP contribution in [0.1, 0.15) is 80.1 Å². The van der Waals surface area contributed by atoms with Crippen LogP contribution in [0.15, 0.2) is 0 Å². The zero-order valence-electron chi connectivity index (χ0n) is 19.0. The molecular weight excluding hydrogens is 358 g/mol. The first-order chi connectivity index (χ1) is 13.3. The van der Waals surface area contributed by atoms with Crippen LogP contribution in [0, 0.1) is 0 Å². The van der Waals surface area contributed by atoms with Crippen LogP contribution in [0.2, 0.25) is 0 Å². The first-order valence-electron chi connectivity index (χ1n) is 10.4. The van der Waals surface area contributed by atoms with Gasteiger partial charge in [0, 0.05) is 44.8 Å². The second kappa shape index (κ2) is 23.4. The molecule has 0 radical (unpaired) electrons. The Kier molecular flexibility index (Phi) is 26.0. The summed E-state index contributed by atoms with van der Waals surface area (Å²) in [4.78, 5) is 42.9. The van der Waals surface area contributed by atoms with Gasteiger partial charge in [-0.05, 0) is 26.8 Å². The van der Waals surface area contributed by atoms with E-state index in [-0.39, 0.29) is 23.5 Å². The maximum Gasteiger partial charge on any atom is 0.220 e. The van der Waals surface area contributed by atoms with Crippen LogP contribution in [-0.2, 0) is 19.2 Å². The van der Waals surface area contributed by atoms with E-state index in [2.05, 4.69) is 29.8 Å². The van der Waals surface area contributed by atoms with Gasteiger partial charge in [-0.1, -0.05) is 34.6 Å². The predicted octanol–water partition coefficient (Wildman–Crippen LogP) is 2.42. The highest BCUT2D eigenvalue weighted by atomic mass is 16.2. The Morgan fingerprint density at radius 3 is 2.07 bits per heavy atom. The van der Waals surface area contributed by atoms with Gasteiger partial charge in [0.1, 0.15) is 17.9 Å². The van der Waals surface area contributed by atoms with E-state index in [0.29, 0.717) is 44.7 Å². The predicted molar refractivity (Wildman–Crippen MR) is 115 cm³/mol. The zero-order valence-corrected chi connectivity index (χ0v) is 19.0. The number of hydrogen-bond donors (Lipinski definition) is 3. The van der Waals surface area contributed by atoms with E-state index in [9.17, 15) is 19.2 Å². The largest absolute Gasteiger partial charge is 0.355 e. The fraction of sp³-hybridized carbons (Fsp3) is 0.810. The van der Waals surface area contributed by atoms with Crippen LogP contribution in [0.3, 0.4) is 0 Å². The number of Topliss-reactive ketones (excluding diaryl/α,β-unsaturated/α-hetero) is 2. The van der Waals surface area contributed by atoms with Gasteiger partial charge in [0.15, 0.2) is 0 Å². The van der Waals surface area contributed by atoms with Crippen LogP contribution >= 0.6 is 0 Å². The Hall–Kier alpha value is -1.60. The highest BCUT2D eigenvalue weighted by Gasteiger charge is 2.13. The van der Waals surface area contributed by atoms with Crippen LogP contribution in [0.5, 0.6) is 0 Å². The standard InChI is InChI=1S/C12H25N3O2.C7H12O2.C2H6/c1-9(2)14-7-8-15-12(17)6-5-11(13-4)10(3)16;1-2-7(9)5-3-4-6-8;1-2/h9,11,13-14H,5-8H2,1-4H3,(H,15,17);6H,2-5H2,1H3;1-2H3. The molecule has 0 aliphatic rings. The van der Waals surface area contributed by atoms with Crippen LogP contribution in [0.25, 0.3) is 0 Å². The summed E-state index contributed by atoms with van der Waals surface area (Å²) in [5, 5.41) is 8.93. The third-order valence-electron chi connectivity index (χ3n) is 3.67. The van der Waals surface area contributed by atoms with Crippen LogP contribution < -0.4 is 16.0 Å². The molecule has 0 aliphatic heterocycles. The smallest absolute Gasteiger partial charge is 0.220 e. The third kappa shape index (κ3) is 24.4. The van der Waals surface area contributed by atoms with E-state index in [4.69, 9.17) is 0 Å². The number of ketones is 2. The van der Waals surface area contributed by atoms with Crippen molar-refractivity contribution in [3.8, 4) is 0 Å². The fourth-order valence-corrected chi connectivity index (χ4v) is 2.04. The second-order valence-corrected chi connectivity index (χ2v) is 6.40. The molecule has 7 heteroatoms. The number of aldehydes is 1. The molecule has 0 saturated carbocycles. The molecule has 1 atom stereocenters. The second-order valence-electron chi connectivity index (χ2n) is 6.40. The lowest BCUT2D eigenvalue weighted by Crippen LogP contribution is -2.37. The number of hydrogen-bond acceptors (Lipinski definition) is 6. The minimum absolute atomic E-state index is 0.00273. The van der Waals surface area contributed by atoms with Crippen molar-refractivity contribution in [2.45, 2.75) is 92.2 Å². The van der Waals surface area contributed by atoms with Gasteiger partial charge in [-0.15, -0.1) is 0 Å². The van der Waals surface area contributed by atoms with Gasteiger partial charge in [0.05, 0.1) is 6.04 Å². The number of nitrogens with one attached hydrogen (secondary N) is 3. The first kappa shape index (κ1) is 31.1. The molecule has 0 aromatic rings. The van der Waals surface area contributed by atoms with Gasteiger partial charge in [0.25, 0.3) is 0 Å². The van der Waals surface area contributed by atoms with E-state index < -0.39 is 0 Å². The average Bonchev–Trinajstić information content (AvgIpc) is 2.67. The van der Waals surface area contributed by atoms with Gasteiger partial charge >= 0.3 is 0 Å². The topological polar surface area (TPSA) is 104 Å². The van der Waals surface area contributed by atoms with E-state index in [1.54, 1.807) is 7.05 Å². The Morgan fingerprint density at radius 1 is 1.04 bits per heavy atom. The van der Waals surface area contributed by atoms with E-state index in [1.807, 2.05) is 20.8 Å². The highest BCUT2D eigenvalue weighted by molar-refractivity contribution is 5.82. The molecule has 0 bridgehead atoms. The van der Waals surface area contributed by atoms with Crippen molar-refractivity contribution in [3.63, 3.8) is 0 Å². The number of amides is 1. The number of rotatable bonds is 14. The Labute approximate surface area is 171 Å². The lowest BCUT2D eigenvalue weighted by atomic mass is 10.1. The molecule has 0 spiro atoms. The fourth-order valence-electron chi connectivity index (χ4n) is 2.04. The van der Waals surface area contributed by atoms with Gasteiger partial charge in [0.2, 0.25) is 5.91 Å². The Bertz CT molecular complexity index is 412. The third-order valence-corrected chi connectivity index (χ3v) is 3.67. The summed E-state index contributed by atoms with van der Waals surface area (Å²) in [5.41, 5.74) is 0. The Morgan fingerprint density at radius 2 is 1.64 bits per heavy atom. The summed E-state index contributed by atoms with van der Waals surface area (Å²) in [7, 11) is 1.73. The lowest BCUT2D eigenvalue weighted by Gasteiger charge is -2.12. The molecule has 0 aromatic carbocycles. The van der Waals surface area contributed by atoms with Crippen molar-refractivity contribution in [2.75, 3.05) is 20.1 Å². The summed E-state index contributed by atoms with van der Waals surface area (Å²) in [6.45, 7) is 12.9. The molecule has 0 heterocycles. The summed E-state index contributed by atoms with van der Waals surface area (Å²) >= 11 is 0. The molecule has 0 aliphatic carbocycles. The summed E-state index contributed by atoms with van der Waals surface area (Å²) in [6, 6.07) is 0.216. The highest BCUT2D eigenvalue weighted by Crippen LogP contribution is 1.98. The summed E-state index contributed by atoms with van der Waals surface area (Å²) < 4.78 is 0. The van der Waals surface area contributed by atoms with Gasteiger partial charge in [-0.25, -0.2) is 0 Å². The molecule has 3 N–H and O–H groups in total. The molecule has 1 unspecified atom stereocenters. The molecule has 7 nitrogen and oxygen atoms in total. The minimum Gasteiger partial charge on any atom is -0.355 e. The minimum atomic E-state index is -0.213. The first-order valence-corrected chi connectivity index (χ1v) is 10.4. The number of carbonyl (C=O) groups excluding carboxylic acids is 4. The van der Waals surface area contributed by atoms with Crippen LogP contribution in [-0.4, -0.2) is 56.0 Å². The van der Waals surface area contributed by atoms with Crippen molar-refractivity contribution in [1.82, 2.24) is 16.0 Å². The van der Waals surface area contributed by atoms with Gasteiger partial charge < -0.3 is 20.7 Å². The zero-order chi connectivity index (χ0) is 22.4.